The molecule has 1 aromatic carbocycles. The van der Waals surface area contributed by atoms with Gasteiger partial charge in [-0.1, -0.05) is 111 Å². The molecule has 0 aliphatic heterocycles. The van der Waals surface area contributed by atoms with E-state index < -0.39 is 0 Å². The van der Waals surface area contributed by atoms with Gasteiger partial charge in [-0.15, -0.1) is 0 Å². The minimum atomic E-state index is 1.01. The van der Waals surface area contributed by atoms with E-state index in [1.54, 1.807) is 6.08 Å². The van der Waals surface area contributed by atoms with Crippen molar-refractivity contribution in [3.8, 4) is 0 Å². The molecule has 0 radical (unpaired) electrons. The van der Waals surface area contributed by atoms with Gasteiger partial charge in [-0.2, -0.15) is 0 Å². The van der Waals surface area contributed by atoms with Crippen LogP contribution in [0, 0.1) is 0 Å². The molecule has 0 nitrogen and oxygen atoms in total. The summed E-state index contributed by atoms with van der Waals surface area (Å²) in [5, 5.41) is 0. The fraction of sp³-hybridized carbons (Fsp3) is 0.133. The molecule has 0 aliphatic carbocycles. The van der Waals surface area contributed by atoms with E-state index >= 15 is 0 Å². The molecule has 0 amide bonds. The predicted molar refractivity (Wildman–Crippen MR) is 137 cm³/mol. The molecular weight excluding hydrogens is 360 g/mol. The molecule has 0 N–H and O–H groups in total. The lowest BCUT2D eigenvalue weighted by atomic mass is 9.83. The summed E-state index contributed by atoms with van der Waals surface area (Å²) < 4.78 is 0. The van der Waals surface area contributed by atoms with Gasteiger partial charge in [0.2, 0.25) is 0 Å². The molecule has 0 heteroatoms. The minimum absolute atomic E-state index is 1.01. The van der Waals surface area contributed by atoms with Crippen LogP contribution in [-0.4, -0.2) is 0 Å². The zero-order chi connectivity index (χ0) is 22.5. The Kier molecular flexibility index (Phi) is 10.6. The number of hydrogen-bond acceptors (Lipinski definition) is 0. The van der Waals surface area contributed by atoms with Crippen LogP contribution in [0.4, 0.5) is 0 Å². The Hall–Kier alpha value is -3.38. The first-order valence-electron chi connectivity index (χ1n) is 10.2. The third-order valence-corrected chi connectivity index (χ3v) is 4.93. The second-order valence-corrected chi connectivity index (χ2v) is 6.47. The van der Waals surface area contributed by atoms with Crippen LogP contribution < -0.4 is 0 Å². The lowest BCUT2D eigenvalue weighted by Gasteiger charge is -2.21. The quantitative estimate of drug-likeness (QED) is 0.347. The highest BCUT2D eigenvalue weighted by molar-refractivity contribution is 5.86. The maximum Gasteiger partial charge on any atom is -0.0109 e. The zero-order valence-corrected chi connectivity index (χ0v) is 18.9. The summed E-state index contributed by atoms with van der Waals surface area (Å²) in [6.07, 6.45) is 17.9. The smallest absolute Gasteiger partial charge is 0.0109 e. The van der Waals surface area contributed by atoms with E-state index in [4.69, 9.17) is 0 Å². The predicted octanol–water partition coefficient (Wildman–Crippen LogP) is 8.90. The Morgan fingerprint density at radius 1 is 0.633 bits per heavy atom. The second-order valence-electron chi connectivity index (χ2n) is 6.47. The summed E-state index contributed by atoms with van der Waals surface area (Å²) >= 11 is 0. The molecule has 0 heterocycles. The summed E-state index contributed by atoms with van der Waals surface area (Å²) in [5.74, 6) is 0. The van der Waals surface area contributed by atoms with Crippen LogP contribution in [0.15, 0.2) is 145 Å². The zero-order valence-electron chi connectivity index (χ0n) is 18.9. The van der Waals surface area contributed by atoms with Crippen molar-refractivity contribution in [2.45, 2.75) is 27.7 Å². The highest BCUT2D eigenvalue weighted by atomic mass is 14.2. The van der Waals surface area contributed by atoms with Gasteiger partial charge in [0, 0.05) is 0 Å². The summed E-state index contributed by atoms with van der Waals surface area (Å²) in [6.45, 7) is 24.3. The first-order valence-corrected chi connectivity index (χ1v) is 10.2. The monoisotopic (exact) mass is 394 g/mol. The van der Waals surface area contributed by atoms with Crippen molar-refractivity contribution in [3.63, 3.8) is 0 Å². The lowest BCUT2D eigenvalue weighted by Crippen LogP contribution is -2.02. The fourth-order valence-electron chi connectivity index (χ4n) is 3.61. The number of benzene rings is 1. The Labute approximate surface area is 183 Å². The van der Waals surface area contributed by atoms with Crippen molar-refractivity contribution in [1.29, 1.82) is 0 Å². The highest BCUT2D eigenvalue weighted by Gasteiger charge is 2.17. The molecule has 0 unspecified atom stereocenters. The van der Waals surface area contributed by atoms with Gasteiger partial charge in [-0.05, 0) is 72.3 Å². The van der Waals surface area contributed by atoms with Crippen LogP contribution in [0.5, 0.6) is 0 Å². The van der Waals surface area contributed by atoms with Crippen LogP contribution in [-0.2, 0) is 0 Å². The summed E-state index contributed by atoms with van der Waals surface area (Å²) in [5.41, 5.74) is 8.70. The van der Waals surface area contributed by atoms with Crippen LogP contribution in [0.3, 0.4) is 0 Å². The van der Waals surface area contributed by atoms with Gasteiger partial charge in [0.05, 0.1) is 0 Å². The topological polar surface area (TPSA) is 0 Å². The second kappa shape index (κ2) is 13.0. The van der Waals surface area contributed by atoms with Gasteiger partial charge in [0.15, 0.2) is 0 Å². The molecule has 30 heavy (non-hydrogen) atoms. The number of allylic oxidation sites excluding steroid dienone is 16. The molecule has 0 saturated heterocycles. The number of hydrogen-bond donors (Lipinski definition) is 0. The summed E-state index contributed by atoms with van der Waals surface area (Å²) in [7, 11) is 0. The Morgan fingerprint density at radius 2 is 1.17 bits per heavy atom. The van der Waals surface area contributed by atoms with Gasteiger partial charge in [0.1, 0.15) is 0 Å². The van der Waals surface area contributed by atoms with E-state index in [1.807, 2.05) is 44.2 Å². The third kappa shape index (κ3) is 5.58. The molecule has 0 atom stereocenters. The van der Waals surface area contributed by atoms with Crippen molar-refractivity contribution < 1.29 is 0 Å². The molecular formula is C30H34. The first-order chi connectivity index (χ1) is 14.6. The maximum absolute atomic E-state index is 4.14. The Bertz CT molecular complexity index is 964. The van der Waals surface area contributed by atoms with Crippen LogP contribution in [0.2, 0.25) is 0 Å². The van der Waals surface area contributed by atoms with Crippen LogP contribution in [0.1, 0.15) is 33.3 Å². The molecule has 0 fully saturated rings. The molecule has 154 valence electrons. The largest absolute Gasteiger partial charge is 0.0990 e. The van der Waals surface area contributed by atoms with Gasteiger partial charge in [-0.25, -0.2) is 0 Å². The average Bonchev–Trinajstić information content (AvgIpc) is 2.79. The molecule has 1 rings (SSSR count). The van der Waals surface area contributed by atoms with Gasteiger partial charge < -0.3 is 0 Å². The van der Waals surface area contributed by atoms with Gasteiger partial charge >= 0.3 is 0 Å². The van der Waals surface area contributed by atoms with Crippen LogP contribution in [0.25, 0.3) is 5.57 Å². The lowest BCUT2D eigenvalue weighted by molar-refractivity contribution is 1.33. The first kappa shape index (κ1) is 24.7. The van der Waals surface area contributed by atoms with E-state index in [9.17, 15) is 0 Å². The van der Waals surface area contributed by atoms with E-state index in [0.717, 1.165) is 39.0 Å². The fourth-order valence-corrected chi connectivity index (χ4v) is 3.61. The van der Waals surface area contributed by atoms with Crippen molar-refractivity contribution in [3.05, 3.63) is 150 Å². The SMILES string of the molecule is C=C/C=C(C=C)/C(=C/C)C(=C\C)/C(C=C)=C(C=C)/C(=C/C)C(=C\C)/c1ccccc1. The Balaban J connectivity index is 3.81. The van der Waals surface area contributed by atoms with Crippen molar-refractivity contribution >= 4 is 5.57 Å². The minimum Gasteiger partial charge on any atom is -0.0990 e. The van der Waals surface area contributed by atoms with Crippen molar-refractivity contribution in [2.75, 3.05) is 0 Å². The van der Waals surface area contributed by atoms with Gasteiger partial charge in [0.25, 0.3) is 0 Å². The highest BCUT2D eigenvalue weighted by Crippen LogP contribution is 2.36. The van der Waals surface area contributed by atoms with Crippen molar-refractivity contribution in [1.82, 2.24) is 0 Å². The average molecular weight is 395 g/mol. The molecule has 0 aromatic heterocycles. The number of rotatable bonds is 10. The molecule has 0 spiro atoms. The van der Waals surface area contributed by atoms with Crippen LogP contribution >= 0.6 is 0 Å². The summed E-state index contributed by atoms with van der Waals surface area (Å²) in [6, 6.07) is 10.4. The standard InChI is InChI=1S/C30H34/c1-9-20-23(10-2)25(11-3)27(13-5)29(15-7)30(16-8)28(14-6)26(12-4)24-21-18-17-19-22-24/h9-22H,1-2,7-8H2,3-6H3/b23-20+,25-11-,26-12-,27-13+,28-14+,30-29+. The molecule has 0 saturated carbocycles. The molecule has 1 aromatic rings. The van der Waals surface area contributed by atoms with E-state index in [2.05, 4.69) is 88.7 Å². The van der Waals surface area contributed by atoms with Gasteiger partial charge in [-0.3, -0.25) is 0 Å². The normalized spacial score (nSPS) is 14.7. The van der Waals surface area contributed by atoms with E-state index in [0.29, 0.717) is 0 Å². The van der Waals surface area contributed by atoms with E-state index in [1.165, 1.54) is 5.56 Å². The van der Waals surface area contributed by atoms with E-state index in [-0.39, 0.29) is 0 Å². The Morgan fingerprint density at radius 3 is 1.57 bits per heavy atom. The molecule has 0 aliphatic rings. The van der Waals surface area contributed by atoms with Crippen molar-refractivity contribution in [2.24, 2.45) is 0 Å². The maximum atomic E-state index is 4.14. The molecule has 0 bridgehead atoms. The third-order valence-electron chi connectivity index (χ3n) is 4.93. The summed E-state index contributed by atoms with van der Waals surface area (Å²) in [4.78, 5) is 0.